The molecule has 0 saturated heterocycles. The quantitative estimate of drug-likeness (QED) is 0.147. The van der Waals surface area contributed by atoms with E-state index in [1.165, 1.54) is 0 Å². The fourth-order valence-corrected chi connectivity index (χ4v) is 3.04. The van der Waals surface area contributed by atoms with Crippen molar-refractivity contribution < 1.29 is 110 Å². The first kappa shape index (κ1) is 39.3. The average Bonchev–Trinajstić information content (AvgIpc) is 2.71. The second-order valence-corrected chi connectivity index (χ2v) is 10.6. The predicted octanol–water partition coefficient (Wildman–Crippen LogP) is 10.3. The molecule has 0 spiro atoms. The van der Waals surface area contributed by atoms with Crippen LogP contribution in [0.25, 0.3) is 0 Å². The van der Waals surface area contributed by atoms with Crippen molar-refractivity contribution in [3.05, 3.63) is 0 Å². The predicted molar refractivity (Wildman–Crippen MR) is 79.1 cm³/mol. The van der Waals surface area contributed by atoms with Crippen LogP contribution in [0.2, 0.25) is 0 Å². The Bertz CT molecular complexity index is 931. The van der Waals surface area contributed by atoms with E-state index < -0.39 is 77.7 Å². The van der Waals surface area contributed by atoms with Gasteiger partial charge in [0, 0.05) is 0 Å². The largest absolute Gasteiger partial charge is 0.460 e. The van der Waals surface area contributed by atoms with Crippen molar-refractivity contribution in [1.82, 2.24) is 0 Å². The van der Waals surface area contributed by atoms with Crippen LogP contribution in [0, 0.1) is 0 Å². The van der Waals surface area contributed by atoms with E-state index in [0.29, 0.717) is 0 Å². The molecular formula is C12Cl2F25P. The standard InChI is InChI=1S/C12Cl2F25P/c13-40(14)12(38,39)10(33,34)8(29,30)6(25,26)4(21,22)2(17,18)1(15,16)3(19,20)5(23,24)7(27,28)9(31,32)11(35,36)37. The van der Waals surface area contributed by atoms with Crippen molar-refractivity contribution in [2.24, 2.45) is 0 Å². The molecule has 0 fully saturated rings. The summed E-state index contributed by atoms with van der Waals surface area (Å²) in [6, 6.07) is 0. The van der Waals surface area contributed by atoms with E-state index in [1.807, 2.05) is 0 Å². The molecule has 0 aromatic heterocycles. The Kier molecular flexibility index (Phi) is 9.45. The van der Waals surface area contributed by atoms with Crippen LogP contribution >= 0.6 is 29.1 Å². The molecule has 0 heterocycles. The first-order chi connectivity index (χ1) is 16.7. The summed E-state index contributed by atoms with van der Waals surface area (Å²) in [5.41, 5.74) is -7.09. The smallest absolute Gasteiger partial charge is 0.192 e. The van der Waals surface area contributed by atoms with Gasteiger partial charge in [0.15, 0.2) is 6.63 Å². The van der Waals surface area contributed by atoms with Crippen LogP contribution in [-0.2, 0) is 0 Å². The Hall–Kier alpha value is -0.740. The first-order valence-corrected chi connectivity index (χ1v) is 11.2. The van der Waals surface area contributed by atoms with Gasteiger partial charge >= 0.3 is 71.1 Å². The Labute approximate surface area is 211 Å². The lowest BCUT2D eigenvalue weighted by molar-refractivity contribution is -0.480. The topological polar surface area (TPSA) is 0 Å². The normalized spacial score (nSPS) is 17.1. The van der Waals surface area contributed by atoms with Gasteiger partial charge in [0.25, 0.3) is 0 Å². The highest BCUT2D eigenvalue weighted by molar-refractivity contribution is 8.04. The van der Waals surface area contributed by atoms with Crippen molar-refractivity contribution >= 4 is 29.1 Å². The van der Waals surface area contributed by atoms with Crippen LogP contribution in [-0.4, -0.2) is 71.1 Å². The first-order valence-electron chi connectivity index (χ1n) is 8.04. The lowest BCUT2D eigenvalue weighted by atomic mass is 9.85. The lowest BCUT2D eigenvalue weighted by Crippen LogP contribution is -2.78. The summed E-state index contributed by atoms with van der Waals surface area (Å²) in [7, 11) is 0. The van der Waals surface area contributed by atoms with Gasteiger partial charge in [-0.1, -0.05) is 22.5 Å². The second kappa shape index (κ2) is 9.63. The van der Waals surface area contributed by atoms with Crippen molar-refractivity contribution in [2.45, 2.75) is 71.1 Å². The summed E-state index contributed by atoms with van der Waals surface area (Å²) >= 11 is 8.16. The average molecular weight is 721 g/mol. The van der Waals surface area contributed by atoms with E-state index in [2.05, 4.69) is 22.5 Å². The van der Waals surface area contributed by atoms with Crippen LogP contribution in [0.5, 0.6) is 0 Å². The molecule has 0 nitrogen and oxygen atoms in total. The number of hydrogen-bond acceptors (Lipinski definition) is 0. The van der Waals surface area contributed by atoms with Crippen LogP contribution in [0.15, 0.2) is 0 Å². The fourth-order valence-electron chi connectivity index (χ4n) is 2.05. The monoisotopic (exact) mass is 720 g/mol. The summed E-state index contributed by atoms with van der Waals surface area (Å²) in [6.07, 6.45) is -8.17. The summed E-state index contributed by atoms with van der Waals surface area (Å²) in [5, 5.41) is 0. The minimum atomic E-state index is -9.61. The summed E-state index contributed by atoms with van der Waals surface area (Å²) in [5.74, 6) is -91.8. The molecule has 0 aromatic rings. The van der Waals surface area contributed by atoms with Gasteiger partial charge in [0.1, 0.15) is 0 Å². The molecule has 0 atom stereocenters. The summed E-state index contributed by atoms with van der Waals surface area (Å²) in [6.45, 7) is -5.10. The second-order valence-electron chi connectivity index (χ2n) is 7.02. The number of halogens is 27. The maximum atomic E-state index is 13.5. The molecule has 0 aliphatic rings. The molecule has 0 aliphatic carbocycles. The van der Waals surface area contributed by atoms with E-state index >= 15 is 0 Å². The highest BCUT2D eigenvalue weighted by Crippen LogP contribution is 2.72. The molecule has 40 heavy (non-hydrogen) atoms. The third kappa shape index (κ3) is 4.51. The van der Waals surface area contributed by atoms with Crippen molar-refractivity contribution in [1.29, 1.82) is 0 Å². The maximum absolute atomic E-state index is 13.5. The van der Waals surface area contributed by atoms with Gasteiger partial charge < -0.3 is 0 Å². The molecule has 0 aromatic carbocycles. The Morgan fingerprint density at radius 1 is 0.250 bits per heavy atom. The zero-order valence-corrected chi connectivity index (χ0v) is 19.1. The van der Waals surface area contributed by atoms with Gasteiger partial charge in [-0.05, 0) is 0 Å². The molecular weight excluding hydrogens is 721 g/mol. The van der Waals surface area contributed by atoms with Crippen molar-refractivity contribution in [3.8, 4) is 0 Å². The van der Waals surface area contributed by atoms with E-state index in [-0.39, 0.29) is 0 Å². The van der Waals surface area contributed by atoms with Gasteiger partial charge in [-0.15, -0.1) is 0 Å². The number of alkyl halides is 25. The summed E-state index contributed by atoms with van der Waals surface area (Å²) in [4.78, 5) is 0. The van der Waals surface area contributed by atoms with Gasteiger partial charge in [-0.25, -0.2) is 0 Å². The van der Waals surface area contributed by atoms with Gasteiger partial charge in [-0.3, -0.25) is 0 Å². The van der Waals surface area contributed by atoms with Gasteiger partial charge in [0.05, 0.1) is 0 Å². The van der Waals surface area contributed by atoms with Crippen LogP contribution < -0.4 is 0 Å². The van der Waals surface area contributed by atoms with E-state index in [4.69, 9.17) is 0 Å². The minimum absolute atomic E-state index is 4.08. The molecule has 242 valence electrons. The molecule has 0 bridgehead atoms. The zero-order valence-electron chi connectivity index (χ0n) is 16.7. The molecule has 0 saturated carbocycles. The molecule has 28 heteroatoms. The number of rotatable bonds is 11. The van der Waals surface area contributed by atoms with E-state index in [0.717, 1.165) is 0 Å². The molecule has 0 radical (unpaired) electrons. The Morgan fingerprint density at radius 3 is 0.550 bits per heavy atom. The Balaban J connectivity index is 7.35. The molecule has 0 unspecified atom stereocenters. The molecule has 0 rings (SSSR count). The van der Waals surface area contributed by atoms with Crippen molar-refractivity contribution in [3.63, 3.8) is 0 Å². The lowest BCUT2D eigenvalue weighted by Gasteiger charge is -2.45. The SMILES string of the molecule is FC(F)(F)C(F)(F)C(F)(F)C(F)(F)C(F)(F)C(F)(F)C(F)(F)C(F)(F)C(F)(F)C(F)(F)C(F)(F)C(F)(F)P(Cl)Cl. The molecule has 0 amide bonds. The minimum Gasteiger partial charge on any atom is -0.192 e. The molecule has 0 N–H and O–H groups in total. The molecule has 0 aliphatic heterocycles. The van der Waals surface area contributed by atoms with Gasteiger partial charge in [0.2, 0.25) is 0 Å². The summed E-state index contributed by atoms with van der Waals surface area (Å²) < 4.78 is 328. The fraction of sp³-hybridized carbons (Fsp3) is 1.00. The highest BCUT2D eigenvalue weighted by Gasteiger charge is 2.99. The third-order valence-electron chi connectivity index (χ3n) is 4.50. The highest BCUT2D eigenvalue weighted by atomic mass is 35.9. The third-order valence-corrected chi connectivity index (χ3v) is 6.47. The van der Waals surface area contributed by atoms with E-state index in [9.17, 15) is 110 Å². The maximum Gasteiger partial charge on any atom is 0.460 e. The van der Waals surface area contributed by atoms with Gasteiger partial charge in [-0.2, -0.15) is 110 Å². The van der Waals surface area contributed by atoms with Crippen LogP contribution in [0.1, 0.15) is 0 Å². The van der Waals surface area contributed by atoms with Crippen LogP contribution in [0.4, 0.5) is 110 Å². The van der Waals surface area contributed by atoms with Crippen molar-refractivity contribution in [2.75, 3.05) is 0 Å². The number of hydrogen-bond donors (Lipinski definition) is 0. The van der Waals surface area contributed by atoms with E-state index in [1.54, 1.807) is 0 Å². The Morgan fingerprint density at radius 2 is 0.400 bits per heavy atom. The zero-order chi connectivity index (χ0) is 33.6. The van der Waals surface area contributed by atoms with Crippen LogP contribution in [0.3, 0.4) is 0 Å².